The molecular weight excluding hydrogens is 286 g/mol. The van der Waals surface area contributed by atoms with E-state index in [1.165, 1.54) is 0 Å². The van der Waals surface area contributed by atoms with Gasteiger partial charge in [0.25, 0.3) is 0 Å². The molecular formula is C14H21N5OS. The van der Waals surface area contributed by atoms with E-state index in [1.807, 2.05) is 24.3 Å². The van der Waals surface area contributed by atoms with Crippen LogP contribution in [0.25, 0.3) is 0 Å². The van der Waals surface area contributed by atoms with E-state index in [1.54, 1.807) is 6.92 Å². The van der Waals surface area contributed by atoms with Crippen molar-refractivity contribution in [3.8, 4) is 0 Å². The van der Waals surface area contributed by atoms with E-state index in [0.29, 0.717) is 10.8 Å². The summed E-state index contributed by atoms with van der Waals surface area (Å²) in [5, 5.41) is 10.7. The topological polar surface area (TPSA) is 91.5 Å². The lowest BCUT2D eigenvalue weighted by Gasteiger charge is -2.10. The van der Waals surface area contributed by atoms with Gasteiger partial charge in [-0.2, -0.15) is 5.10 Å². The van der Waals surface area contributed by atoms with Gasteiger partial charge in [0.2, 0.25) is 0 Å². The molecule has 21 heavy (non-hydrogen) atoms. The molecule has 1 aromatic rings. The average molecular weight is 307 g/mol. The summed E-state index contributed by atoms with van der Waals surface area (Å²) in [6.45, 7) is 4.79. The molecule has 7 heteroatoms. The number of amides is 2. The summed E-state index contributed by atoms with van der Waals surface area (Å²) in [6.07, 6.45) is 2.21. The standard InChI is InChI=1S/C14H21N5OS/c1-3-4-9-16-14(21)17-12-7-5-11(6-8-12)10(2)18-19-13(15)20/h5-8H,3-4,9H2,1-2H3,(H3,15,19,20)(H2,16,17,21)/b18-10+. The summed E-state index contributed by atoms with van der Waals surface area (Å²) in [5.74, 6) is 0. The largest absolute Gasteiger partial charge is 0.362 e. The van der Waals surface area contributed by atoms with E-state index >= 15 is 0 Å². The molecule has 6 nitrogen and oxygen atoms in total. The molecule has 0 radical (unpaired) electrons. The van der Waals surface area contributed by atoms with Crippen LogP contribution in [-0.2, 0) is 0 Å². The van der Waals surface area contributed by atoms with Crippen molar-refractivity contribution in [1.29, 1.82) is 0 Å². The van der Waals surface area contributed by atoms with E-state index in [4.69, 9.17) is 18.0 Å². The van der Waals surface area contributed by atoms with Crippen LogP contribution in [0.3, 0.4) is 0 Å². The van der Waals surface area contributed by atoms with Gasteiger partial charge >= 0.3 is 6.03 Å². The summed E-state index contributed by atoms with van der Waals surface area (Å²) >= 11 is 5.20. The quantitative estimate of drug-likeness (QED) is 0.280. The molecule has 5 N–H and O–H groups in total. The first kappa shape index (κ1) is 16.9. The number of nitrogens with zero attached hydrogens (tertiary/aromatic N) is 1. The molecule has 0 fully saturated rings. The first-order chi connectivity index (χ1) is 10.0. The number of anilines is 1. The molecule has 0 heterocycles. The van der Waals surface area contributed by atoms with Gasteiger partial charge in [-0.25, -0.2) is 10.2 Å². The number of nitrogens with one attached hydrogen (secondary N) is 3. The van der Waals surface area contributed by atoms with Crippen molar-refractivity contribution in [1.82, 2.24) is 10.7 Å². The van der Waals surface area contributed by atoms with Crippen LogP contribution in [0.5, 0.6) is 0 Å². The Morgan fingerprint density at radius 1 is 1.33 bits per heavy atom. The Morgan fingerprint density at radius 2 is 2.00 bits per heavy atom. The number of thiocarbonyl (C=S) groups is 1. The van der Waals surface area contributed by atoms with E-state index in [9.17, 15) is 4.79 Å². The average Bonchev–Trinajstić information content (AvgIpc) is 2.45. The third-order valence-electron chi connectivity index (χ3n) is 2.71. The molecule has 2 amide bonds. The lowest BCUT2D eigenvalue weighted by atomic mass is 10.1. The normalized spacial score (nSPS) is 10.9. The smallest absolute Gasteiger partial charge is 0.332 e. The highest BCUT2D eigenvalue weighted by Gasteiger charge is 2.00. The molecule has 0 saturated carbocycles. The Morgan fingerprint density at radius 3 is 2.57 bits per heavy atom. The second-order valence-corrected chi connectivity index (χ2v) is 4.89. The third kappa shape index (κ3) is 6.71. The van der Waals surface area contributed by atoms with Gasteiger partial charge in [-0.3, -0.25) is 0 Å². The first-order valence-corrected chi connectivity index (χ1v) is 7.18. The summed E-state index contributed by atoms with van der Waals surface area (Å²) in [7, 11) is 0. The van der Waals surface area contributed by atoms with Crippen molar-refractivity contribution in [2.75, 3.05) is 11.9 Å². The number of hydrogen-bond acceptors (Lipinski definition) is 3. The number of urea groups is 1. The number of unbranched alkanes of at least 4 members (excludes halogenated alkanes) is 1. The van der Waals surface area contributed by atoms with Crippen LogP contribution < -0.4 is 21.8 Å². The molecule has 1 aromatic carbocycles. The molecule has 0 saturated heterocycles. The maximum Gasteiger partial charge on any atom is 0.332 e. The van der Waals surface area contributed by atoms with Gasteiger partial charge in [0.05, 0.1) is 5.71 Å². The molecule has 0 unspecified atom stereocenters. The Kier molecular flexibility index (Phi) is 7.17. The summed E-state index contributed by atoms with van der Waals surface area (Å²) < 4.78 is 0. The molecule has 0 aliphatic heterocycles. The van der Waals surface area contributed by atoms with Gasteiger partial charge in [-0.15, -0.1) is 0 Å². The highest BCUT2D eigenvalue weighted by molar-refractivity contribution is 7.80. The van der Waals surface area contributed by atoms with Gasteiger partial charge in [0, 0.05) is 12.2 Å². The lowest BCUT2D eigenvalue weighted by Crippen LogP contribution is -2.29. The number of hydrazone groups is 1. The predicted molar refractivity (Wildman–Crippen MR) is 90.5 cm³/mol. The van der Waals surface area contributed by atoms with E-state index in [2.05, 4.69) is 28.1 Å². The zero-order valence-electron chi connectivity index (χ0n) is 12.3. The highest BCUT2D eigenvalue weighted by atomic mass is 32.1. The van der Waals surface area contributed by atoms with E-state index in [0.717, 1.165) is 30.6 Å². The van der Waals surface area contributed by atoms with Gasteiger partial charge in [0.1, 0.15) is 0 Å². The molecule has 0 aliphatic carbocycles. The van der Waals surface area contributed by atoms with Gasteiger partial charge in [-0.1, -0.05) is 25.5 Å². The maximum atomic E-state index is 10.6. The molecule has 0 bridgehead atoms. The monoisotopic (exact) mass is 307 g/mol. The summed E-state index contributed by atoms with van der Waals surface area (Å²) in [6, 6.07) is 6.88. The first-order valence-electron chi connectivity index (χ1n) is 6.78. The van der Waals surface area contributed by atoms with Crippen molar-refractivity contribution >= 4 is 34.8 Å². The Hall–Kier alpha value is -2.15. The second-order valence-electron chi connectivity index (χ2n) is 4.49. The lowest BCUT2D eigenvalue weighted by molar-refractivity contribution is 0.249. The maximum absolute atomic E-state index is 10.6. The molecule has 0 atom stereocenters. The molecule has 114 valence electrons. The predicted octanol–water partition coefficient (Wildman–Crippen LogP) is 2.17. The molecule has 0 aromatic heterocycles. The Labute approximate surface area is 130 Å². The zero-order chi connectivity index (χ0) is 15.7. The minimum atomic E-state index is -0.684. The van der Waals surface area contributed by atoms with Crippen LogP contribution in [-0.4, -0.2) is 23.4 Å². The van der Waals surface area contributed by atoms with E-state index in [-0.39, 0.29) is 0 Å². The number of benzene rings is 1. The molecule has 1 rings (SSSR count). The Bertz CT molecular complexity index is 513. The zero-order valence-corrected chi connectivity index (χ0v) is 13.1. The fourth-order valence-corrected chi connectivity index (χ4v) is 1.77. The van der Waals surface area contributed by atoms with Crippen LogP contribution in [0.1, 0.15) is 32.3 Å². The number of carbonyl (C=O) groups excluding carboxylic acids is 1. The fraction of sp³-hybridized carbons (Fsp3) is 0.357. The minimum Gasteiger partial charge on any atom is -0.362 e. The van der Waals surface area contributed by atoms with Gasteiger partial charge < -0.3 is 16.4 Å². The van der Waals surface area contributed by atoms with Crippen molar-refractivity contribution in [2.24, 2.45) is 10.8 Å². The highest BCUT2D eigenvalue weighted by Crippen LogP contribution is 2.10. The van der Waals surface area contributed by atoms with Crippen molar-refractivity contribution in [3.05, 3.63) is 29.8 Å². The Balaban J connectivity index is 2.55. The van der Waals surface area contributed by atoms with Crippen molar-refractivity contribution in [2.45, 2.75) is 26.7 Å². The minimum absolute atomic E-state index is 0.608. The fourth-order valence-electron chi connectivity index (χ4n) is 1.55. The molecule has 0 spiro atoms. The second kappa shape index (κ2) is 8.91. The number of primary amides is 1. The molecule has 0 aliphatic rings. The number of rotatable bonds is 6. The van der Waals surface area contributed by atoms with Crippen molar-refractivity contribution < 1.29 is 4.79 Å². The number of carbonyl (C=O) groups is 1. The van der Waals surface area contributed by atoms with Crippen LogP contribution in [0.15, 0.2) is 29.4 Å². The number of hydrogen-bond donors (Lipinski definition) is 4. The third-order valence-corrected chi connectivity index (χ3v) is 2.96. The van der Waals surface area contributed by atoms with E-state index < -0.39 is 6.03 Å². The van der Waals surface area contributed by atoms with Gasteiger partial charge in [0.15, 0.2) is 5.11 Å². The summed E-state index contributed by atoms with van der Waals surface area (Å²) in [4.78, 5) is 10.6. The van der Waals surface area contributed by atoms with Crippen LogP contribution >= 0.6 is 12.2 Å². The SMILES string of the molecule is CCCCNC(=S)Nc1ccc(/C(C)=N/NC(N)=O)cc1. The summed E-state index contributed by atoms with van der Waals surface area (Å²) in [5.41, 5.74) is 9.61. The van der Waals surface area contributed by atoms with Crippen LogP contribution in [0.2, 0.25) is 0 Å². The van der Waals surface area contributed by atoms with Crippen LogP contribution in [0, 0.1) is 0 Å². The number of nitrogens with two attached hydrogens (primary N) is 1. The van der Waals surface area contributed by atoms with Crippen LogP contribution in [0.4, 0.5) is 10.5 Å². The van der Waals surface area contributed by atoms with Gasteiger partial charge in [-0.05, 0) is 43.3 Å². The van der Waals surface area contributed by atoms with Crippen molar-refractivity contribution in [3.63, 3.8) is 0 Å².